The fourth-order valence-electron chi connectivity index (χ4n) is 1.39. The van der Waals surface area contributed by atoms with Gasteiger partial charge in [-0.05, 0) is 6.92 Å². The predicted octanol–water partition coefficient (Wildman–Crippen LogP) is 0.535. The van der Waals surface area contributed by atoms with E-state index < -0.39 is 16.2 Å². The Hall–Kier alpha value is -1.03. The fourth-order valence-corrected chi connectivity index (χ4v) is 3.42. The Morgan fingerprint density at radius 1 is 1.42 bits per heavy atom. The maximum Gasteiger partial charge on any atom is 0.304 e. The summed E-state index contributed by atoms with van der Waals surface area (Å²) in [5.74, 6) is -1.03. The number of aryl methyl sites for hydroxylation is 1. The van der Waals surface area contributed by atoms with Crippen molar-refractivity contribution in [2.45, 2.75) is 19.9 Å². The number of hydrogen-bond acceptors (Lipinski definition) is 5. The molecule has 0 aromatic carbocycles. The maximum absolute atomic E-state index is 12.1. The van der Waals surface area contributed by atoms with Crippen molar-refractivity contribution in [1.82, 2.24) is 13.6 Å². The number of aromatic nitrogens is 1. The minimum atomic E-state index is -3.64. The smallest absolute Gasteiger partial charge is 0.304 e. The van der Waals surface area contributed by atoms with Crippen LogP contribution in [0.25, 0.3) is 0 Å². The number of nitrogens with zero attached hydrogens (tertiary/aromatic N) is 3. The van der Waals surface area contributed by atoms with Crippen molar-refractivity contribution in [3.05, 3.63) is 16.1 Å². The molecule has 1 N–H and O–H groups in total. The van der Waals surface area contributed by atoms with Crippen LogP contribution < -0.4 is 0 Å². The highest BCUT2D eigenvalue weighted by Gasteiger charge is 2.24. The first-order chi connectivity index (χ1) is 8.73. The van der Waals surface area contributed by atoms with Gasteiger partial charge in [-0.25, -0.2) is 4.98 Å². The zero-order valence-corrected chi connectivity index (χ0v) is 12.7. The second-order valence-corrected chi connectivity index (χ2v) is 7.54. The Bertz CT molecular complexity index is 541. The first-order valence-electron chi connectivity index (χ1n) is 5.54. The lowest BCUT2D eigenvalue weighted by Crippen LogP contribution is -2.40. The van der Waals surface area contributed by atoms with Gasteiger partial charge in [-0.15, -0.1) is 11.3 Å². The zero-order chi connectivity index (χ0) is 14.6. The van der Waals surface area contributed by atoms with Crippen molar-refractivity contribution < 1.29 is 18.3 Å². The van der Waals surface area contributed by atoms with Crippen molar-refractivity contribution in [3.63, 3.8) is 0 Å². The third kappa shape index (κ3) is 4.53. The van der Waals surface area contributed by atoms with Gasteiger partial charge in [-0.1, -0.05) is 0 Å². The van der Waals surface area contributed by atoms with Gasteiger partial charge in [0.25, 0.3) is 10.2 Å². The monoisotopic (exact) mass is 307 g/mol. The molecule has 9 heteroatoms. The molecule has 1 rings (SSSR count). The molecule has 0 radical (unpaired) electrons. The SMILES string of the molecule is Cc1ncc(CN(C)S(=O)(=O)N(C)CCC(=O)O)s1. The summed E-state index contributed by atoms with van der Waals surface area (Å²) < 4.78 is 26.4. The number of carbonyl (C=O) groups is 1. The molecule has 0 saturated carbocycles. The third-order valence-electron chi connectivity index (χ3n) is 2.48. The quantitative estimate of drug-likeness (QED) is 0.793. The Kier molecular flexibility index (Phi) is 5.41. The van der Waals surface area contributed by atoms with Gasteiger partial charge in [0.05, 0.1) is 18.0 Å². The number of rotatable bonds is 7. The van der Waals surface area contributed by atoms with E-state index in [2.05, 4.69) is 4.98 Å². The molecule has 1 aromatic rings. The summed E-state index contributed by atoms with van der Waals surface area (Å²) >= 11 is 1.43. The second kappa shape index (κ2) is 6.42. The maximum atomic E-state index is 12.1. The van der Waals surface area contributed by atoms with E-state index in [0.29, 0.717) is 0 Å². The van der Waals surface area contributed by atoms with Gasteiger partial charge in [-0.3, -0.25) is 4.79 Å². The minimum absolute atomic E-state index is 0.0519. The molecule has 1 aromatic heterocycles. The Morgan fingerprint density at radius 3 is 2.53 bits per heavy atom. The molecule has 0 bridgehead atoms. The Labute approximate surface area is 116 Å². The van der Waals surface area contributed by atoms with Gasteiger partial charge >= 0.3 is 5.97 Å². The van der Waals surface area contributed by atoms with E-state index in [0.717, 1.165) is 14.2 Å². The van der Waals surface area contributed by atoms with Crippen LogP contribution in [0.15, 0.2) is 6.20 Å². The molecular formula is C10H17N3O4S2. The van der Waals surface area contributed by atoms with Gasteiger partial charge in [0.1, 0.15) is 0 Å². The summed E-state index contributed by atoms with van der Waals surface area (Å²) in [7, 11) is -0.814. The van der Waals surface area contributed by atoms with Crippen LogP contribution in [-0.4, -0.2) is 53.7 Å². The van der Waals surface area contributed by atoms with Gasteiger partial charge in [0.15, 0.2) is 0 Å². The number of hydrogen-bond donors (Lipinski definition) is 1. The molecule has 7 nitrogen and oxygen atoms in total. The fraction of sp³-hybridized carbons (Fsp3) is 0.600. The van der Waals surface area contributed by atoms with E-state index in [-0.39, 0.29) is 19.5 Å². The topological polar surface area (TPSA) is 90.8 Å². The van der Waals surface area contributed by atoms with Crippen LogP contribution in [0.3, 0.4) is 0 Å². The summed E-state index contributed by atoms with van der Waals surface area (Å²) in [5.41, 5.74) is 0. The van der Waals surface area contributed by atoms with E-state index in [1.165, 1.54) is 29.7 Å². The number of thiazole rings is 1. The summed E-state index contributed by atoms with van der Waals surface area (Å²) in [6.45, 7) is 2.02. The summed E-state index contributed by atoms with van der Waals surface area (Å²) in [6.07, 6.45) is 1.42. The lowest BCUT2D eigenvalue weighted by molar-refractivity contribution is -0.137. The minimum Gasteiger partial charge on any atom is -0.481 e. The average Bonchev–Trinajstić information content (AvgIpc) is 2.71. The summed E-state index contributed by atoms with van der Waals surface area (Å²) in [5, 5.41) is 9.44. The number of carboxylic acid groups (broad SMARTS) is 1. The van der Waals surface area contributed by atoms with Crippen LogP contribution in [0.4, 0.5) is 0 Å². The van der Waals surface area contributed by atoms with Gasteiger partial charge < -0.3 is 5.11 Å². The highest BCUT2D eigenvalue weighted by molar-refractivity contribution is 7.86. The largest absolute Gasteiger partial charge is 0.481 e. The highest BCUT2D eigenvalue weighted by atomic mass is 32.2. The van der Waals surface area contributed by atoms with Crippen LogP contribution in [0.2, 0.25) is 0 Å². The lowest BCUT2D eigenvalue weighted by atomic mass is 10.4. The molecule has 0 spiro atoms. The molecule has 0 amide bonds. The molecule has 0 unspecified atom stereocenters. The second-order valence-electron chi connectivity index (χ2n) is 4.07. The predicted molar refractivity (Wildman–Crippen MR) is 72.1 cm³/mol. The molecule has 0 fully saturated rings. The van der Waals surface area contributed by atoms with Crippen molar-refractivity contribution in [3.8, 4) is 0 Å². The van der Waals surface area contributed by atoms with E-state index in [9.17, 15) is 13.2 Å². The van der Waals surface area contributed by atoms with Crippen LogP contribution in [0.5, 0.6) is 0 Å². The van der Waals surface area contributed by atoms with Crippen LogP contribution >= 0.6 is 11.3 Å². The Balaban J connectivity index is 2.67. The molecule has 108 valence electrons. The highest BCUT2D eigenvalue weighted by Crippen LogP contribution is 2.16. The molecule has 0 aliphatic rings. The lowest BCUT2D eigenvalue weighted by Gasteiger charge is -2.23. The average molecular weight is 307 g/mol. The van der Waals surface area contributed by atoms with Crippen molar-refractivity contribution in [2.75, 3.05) is 20.6 Å². The third-order valence-corrected chi connectivity index (χ3v) is 5.26. The number of aliphatic carboxylic acids is 1. The summed E-state index contributed by atoms with van der Waals surface area (Å²) in [6, 6.07) is 0. The van der Waals surface area contributed by atoms with E-state index in [4.69, 9.17) is 5.11 Å². The van der Waals surface area contributed by atoms with Gasteiger partial charge in [-0.2, -0.15) is 17.0 Å². The zero-order valence-electron chi connectivity index (χ0n) is 11.0. The van der Waals surface area contributed by atoms with E-state index in [1.54, 1.807) is 6.20 Å². The molecular weight excluding hydrogens is 290 g/mol. The number of carboxylic acids is 1. The van der Waals surface area contributed by atoms with E-state index in [1.807, 2.05) is 6.92 Å². The van der Waals surface area contributed by atoms with Gasteiger partial charge in [0, 0.05) is 31.7 Å². The Morgan fingerprint density at radius 2 is 2.05 bits per heavy atom. The normalized spacial score (nSPS) is 12.3. The molecule has 19 heavy (non-hydrogen) atoms. The van der Waals surface area contributed by atoms with Gasteiger partial charge in [0.2, 0.25) is 0 Å². The van der Waals surface area contributed by atoms with Crippen LogP contribution in [0.1, 0.15) is 16.3 Å². The van der Waals surface area contributed by atoms with Crippen molar-refractivity contribution >= 4 is 27.5 Å². The first kappa shape index (κ1) is 16.0. The van der Waals surface area contributed by atoms with Crippen molar-refractivity contribution in [2.24, 2.45) is 0 Å². The van der Waals surface area contributed by atoms with Crippen LogP contribution in [-0.2, 0) is 21.5 Å². The summed E-state index contributed by atoms with van der Waals surface area (Å²) in [4.78, 5) is 15.4. The first-order valence-corrected chi connectivity index (χ1v) is 7.75. The molecule has 0 saturated heterocycles. The van der Waals surface area contributed by atoms with Crippen molar-refractivity contribution in [1.29, 1.82) is 0 Å². The standard InChI is InChI=1S/C10H17N3O4S2/c1-8-11-6-9(18-8)7-13(3)19(16,17)12(2)5-4-10(14)15/h6H,4-5,7H2,1-3H3,(H,14,15). The molecule has 0 aliphatic carbocycles. The molecule has 0 aliphatic heterocycles. The van der Waals surface area contributed by atoms with Crippen LogP contribution in [0, 0.1) is 6.92 Å². The van der Waals surface area contributed by atoms with E-state index >= 15 is 0 Å². The molecule has 0 atom stereocenters. The molecule has 1 heterocycles.